The second kappa shape index (κ2) is 6.60. The SMILES string of the molecule is CCC(=O)c1ccccc1.c1ccoc1. The van der Waals surface area contributed by atoms with Crippen LogP contribution in [0.4, 0.5) is 0 Å². The maximum Gasteiger partial charge on any atom is 0.162 e. The molecule has 1 heterocycles. The van der Waals surface area contributed by atoms with E-state index in [9.17, 15) is 4.79 Å². The minimum absolute atomic E-state index is 0.209. The molecule has 1 aromatic heterocycles. The largest absolute Gasteiger partial charge is 0.473 e. The highest BCUT2D eigenvalue weighted by Crippen LogP contribution is 2.01. The number of hydrogen-bond donors (Lipinski definition) is 0. The lowest BCUT2D eigenvalue weighted by Crippen LogP contribution is -1.94. The van der Waals surface area contributed by atoms with Crippen molar-refractivity contribution in [2.75, 3.05) is 0 Å². The van der Waals surface area contributed by atoms with Crippen molar-refractivity contribution < 1.29 is 9.21 Å². The highest BCUT2D eigenvalue weighted by Gasteiger charge is 1.98. The summed E-state index contributed by atoms with van der Waals surface area (Å²) in [5.41, 5.74) is 0.810. The molecule has 0 saturated carbocycles. The van der Waals surface area contributed by atoms with Gasteiger partial charge in [0.2, 0.25) is 0 Å². The molecule has 0 aliphatic carbocycles. The van der Waals surface area contributed by atoms with E-state index in [1.807, 2.05) is 49.4 Å². The first-order valence-corrected chi connectivity index (χ1v) is 4.90. The fourth-order valence-electron chi connectivity index (χ4n) is 1.05. The van der Waals surface area contributed by atoms with Crippen LogP contribution in [0.2, 0.25) is 0 Å². The molecule has 0 atom stereocenters. The molecule has 0 radical (unpaired) electrons. The molecule has 0 unspecified atom stereocenters. The summed E-state index contributed by atoms with van der Waals surface area (Å²) in [5.74, 6) is 0.209. The molecule has 2 heteroatoms. The van der Waals surface area contributed by atoms with Gasteiger partial charge in [-0.15, -0.1) is 0 Å². The average molecular weight is 202 g/mol. The predicted octanol–water partition coefficient (Wildman–Crippen LogP) is 3.56. The van der Waals surface area contributed by atoms with Gasteiger partial charge in [0.1, 0.15) is 0 Å². The third-order valence-corrected chi connectivity index (χ3v) is 1.84. The van der Waals surface area contributed by atoms with E-state index < -0.39 is 0 Å². The number of rotatable bonds is 2. The zero-order valence-corrected chi connectivity index (χ0v) is 8.72. The number of benzene rings is 1. The summed E-state index contributed by atoms with van der Waals surface area (Å²) >= 11 is 0. The van der Waals surface area contributed by atoms with E-state index >= 15 is 0 Å². The van der Waals surface area contributed by atoms with Crippen LogP contribution in [0.1, 0.15) is 23.7 Å². The van der Waals surface area contributed by atoms with Crippen LogP contribution in [0.15, 0.2) is 59.4 Å². The van der Waals surface area contributed by atoms with E-state index in [1.54, 1.807) is 12.5 Å². The summed E-state index contributed by atoms with van der Waals surface area (Å²) < 4.78 is 4.58. The second-order valence-corrected chi connectivity index (χ2v) is 2.94. The van der Waals surface area contributed by atoms with Crippen molar-refractivity contribution in [2.45, 2.75) is 13.3 Å². The van der Waals surface area contributed by atoms with Crippen molar-refractivity contribution in [3.63, 3.8) is 0 Å². The standard InChI is InChI=1S/C9H10O.C4H4O/c1-2-9(10)8-6-4-3-5-7-8;1-2-4-5-3-1/h3-7H,2H2,1H3;1-4H. The van der Waals surface area contributed by atoms with Crippen LogP contribution in [0.25, 0.3) is 0 Å². The van der Waals surface area contributed by atoms with Gasteiger partial charge in [0.05, 0.1) is 12.5 Å². The quantitative estimate of drug-likeness (QED) is 0.697. The van der Waals surface area contributed by atoms with E-state index in [0.717, 1.165) is 5.56 Å². The van der Waals surface area contributed by atoms with E-state index in [-0.39, 0.29) is 5.78 Å². The Labute approximate surface area is 89.5 Å². The molecule has 0 spiro atoms. The summed E-state index contributed by atoms with van der Waals surface area (Å²) in [6.07, 6.45) is 3.84. The molecule has 0 amide bonds. The van der Waals surface area contributed by atoms with Crippen LogP contribution in [0.5, 0.6) is 0 Å². The van der Waals surface area contributed by atoms with Crippen LogP contribution in [-0.2, 0) is 0 Å². The molecule has 0 aliphatic rings. The molecule has 2 aromatic rings. The van der Waals surface area contributed by atoms with Crippen molar-refractivity contribution in [3.8, 4) is 0 Å². The van der Waals surface area contributed by atoms with Gasteiger partial charge in [-0.2, -0.15) is 0 Å². The summed E-state index contributed by atoms with van der Waals surface area (Å²) in [5, 5.41) is 0. The van der Waals surface area contributed by atoms with Crippen LogP contribution in [0.3, 0.4) is 0 Å². The van der Waals surface area contributed by atoms with Crippen molar-refractivity contribution in [3.05, 3.63) is 60.6 Å². The Morgan fingerprint density at radius 1 is 1.07 bits per heavy atom. The summed E-state index contributed by atoms with van der Waals surface area (Å²) in [4.78, 5) is 11.0. The zero-order valence-electron chi connectivity index (χ0n) is 8.72. The van der Waals surface area contributed by atoms with Gasteiger partial charge in [0.25, 0.3) is 0 Å². The highest BCUT2D eigenvalue weighted by atomic mass is 16.3. The maximum absolute atomic E-state index is 11.0. The van der Waals surface area contributed by atoms with Crippen molar-refractivity contribution in [2.24, 2.45) is 0 Å². The first-order chi connectivity index (χ1) is 7.34. The molecule has 0 aliphatic heterocycles. The van der Waals surface area contributed by atoms with E-state index in [2.05, 4.69) is 4.42 Å². The maximum atomic E-state index is 11.0. The fraction of sp³-hybridized carbons (Fsp3) is 0.154. The van der Waals surface area contributed by atoms with Gasteiger partial charge in [-0.3, -0.25) is 4.79 Å². The number of ketones is 1. The molecular formula is C13H14O2. The number of Topliss-reactive ketones (excluding diaryl/α,β-unsaturated/α-hetero) is 1. The lowest BCUT2D eigenvalue weighted by molar-refractivity contribution is 0.0988. The summed E-state index contributed by atoms with van der Waals surface area (Å²) in [6.45, 7) is 1.87. The Kier molecular flexibility index (Phi) is 4.95. The average Bonchev–Trinajstić information content (AvgIpc) is 2.88. The van der Waals surface area contributed by atoms with Crippen LogP contribution >= 0.6 is 0 Å². The lowest BCUT2D eigenvalue weighted by Gasteiger charge is -1.93. The fourth-order valence-corrected chi connectivity index (χ4v) is 1.05. The number of hydrogen-bond acceptors (Lipinski definition) is 2. The first-order valence-electron chi connectivity index (χ1n) is 4.90. The normalized spacial score (nSPS) is 8.87. The van der Waals surface area contributed by atoms with Gasteiger partial charge in [-0.05, 0) is 12.1 Å². The zero-order chi connectivity index (χ0) is 10.9. The lowest BCUT2D eigenvalue weighted by atomic mass is 10.1. The molecule has 15 heavy (non-hydrogen) atoms. The molecule has 2 rings (SSSR count). The molecule has 78 valence electrons. The molecule has 1 aromatic carbocycles. The van der Waals surface area contributed by atoms with E-state index in [0.29, 0.717) is 6.42 Å². The Balaban J connectivity index is 0.000000187. The minimum Gasteiger partial charge on any atom is -0.473 e. The topological polar surface area (TPSA) is 30.2 Å². The van der Waals surface area contributed by atoms with Crippen molar-refractivity contribution >= 4 is 5.78 Å². The first kappa shape index (κ1) is 11.2. The third kappa shape index (κ3) is 4.27. The predicted molar refractivity (Wildman–Crippen MR) is 59.8 cm³/mol. The van der Waals surface area contributed by atoms with Gasteiger partial charge < -0.3 is 4.42 Å². The van der Waals surface area contributed by atoms with Crippen LogP contribution < -0.4 is 0 Å². The van der Waals surface area contributed by atoms with Crippen molar-refractivity contribution in [1.82, 2.24) is 0 Å². The van der Waals surface area contributed by atoms with Crippen molar-refractivity contribution in [1.29, 1.82) is 0 Å². The molecule has 0 saturated heterocycles. The molecule has 0 bridgehead atoms. The Morgan fingerprint density at radius 2 is 1.67 bits per heavy atom. The Morgan fingerprint density at radius 3 is 2.07 bits per heavy atom. The molecule has 2 nitrogen and oxygen atoms in total. The molecular weight excluding hydrogens is 188 g/mol. The van der Waals surface area contributed by atoms with Gasteiger partial charge >= 0.3 is 0 Å². The number of carbonyl (C=O) groups is 1. The van der Waals surface area contributed by atoms with E-state index in [1.165, 1.54) is 0 Å². The smallest absolute Gasteiger partial charge is 0.162 e. The Hall–Kier alpha value is -1.83. The number of carbonyl (C=O) groups excluding carboxylic acids is 1. The van der Waals surface area contributed by atoms with E-state index in [4.69, 9.17) is 0 Å². The highest BCUT2D eigenvalue weighted by molar-refractivity contribution is 5.95. The van der Waals surface area contributed by atoms with Gasteiger partial charge in [-0.1, -0.05) is 37.3 Å². The summed E-state index contributed by atoms with van der Waals surface area (Å²) in [7, 11) is 0. The van der Waals surface area contributed by atoms with Crippen LogP contribution in [-0.4, -0.2) is 5.78 Å². The van der Waals surface area contributed by atoms with Gasteiger partial charge in [0, 0.05) is 12.0 Å². The van der Waals surface area contributed by atoms with Crippen LogP contribution in [0, 0.1) is 0 Å². The summed E-state index contributed by atoms with van der Waals surface area (Å²) in [6, 6.07) is 13.0. The second-order valence-electron chi connectivity index (χ2n) is 2.94. The van der Waals surface area contributed by atoms with Gasteiger partial charge in [0.15, 0.2) is 5.78 Å². The monoisotopic (exact) mass is 202 g/mol. The molecule has 0 fully saturated rings. The Bertz CT molecular complexity index is 345. The van der Waals surface area contributed by atoms with Gasteiger partial charge in [-0.25, -0.2) is 0 Å². The third-order valence-electron chi connectivity index (χ3n) is 1.84. The molecule has 0 N–H and O–H groups in total. The minimum atomic E-state index is 0.209. The number of furan rings is 1.